The summed E-state index contributed by atoms with van der Waals surface area (Å²) in [5.41, 5.74) is 4.84. The lowest BCUT2D eigenvalue weighted by molar-refractivity contribution is 1.01. The Hall–Kier alpha value is -4.42. The van der Waals surface area contributed by atoms with Gasteiger partial charge in [0, 0.05) is 50.2 Å². The second-order valence-electron chi connectivity index (χ2n) is 8.38. The van der Waals surface area contributed by atoms with Crippen molar-refractivity contribution in [1.29, 1.82) is 0 Å². The van der Waals surface area contributed by atoms with Crippen LogP contribution in [0.15, 0.2) is 91.4 Å². The van der Waals surface area contributed by atoms with Crippen LogP contribution in [0.1, 0.15) is 0 Å². The van der Waals surface area contributed by atoms with Crippen molar-refractivity contribution in [1.82, 2.24) is 24.5 Å². The van der Waals surface area contributed by atoms with Crippen molar-refractivity contribution in [3.63, 3.8) is 0 Å². The van der Waals surface area contributed by atoms with Crippen LogP contribution in [-0.4, -0.2) is 24.5 Å². The molecule has 0 saturated heterocycles. The predicted molar refractivity (Wildman–Crippen MR) is 140 cm³/mol. The van der Waals surface area contributed by atoms with E-state index < -0.39 is 0 Å². The van der Waals surface area contributed by atoms with Gasteiger partial charge in [-0.1, -0.05) is 48.5 Å². The van der Waals surface area contributed by atoms with Crippen LogP contribution in [0.5, 0.6) is 0 Å². The Kier molecular flexibility index (Phi) is 3.48. The fourth-order valence-electron chi connectivity index (χ4n) is 5.07. The smallest absolute Gasteiger partial charge is 0.235 e. The molecule has 6 heteroatoms. The van der Waals surface area contributed by atoms with Crippen LogP contribution in [0, 0.1) is 0 Å². The first-order chi connectivity index (χ1) is 16.9. The van der Waals surface area contributed by atoms with Crippen molar-refractivity contribution < 1.29 is 0 Å². The molecule has 0 radical (unpaired) electrons. The molecule has 8 aromatic rings. The first-order valence-corrected chi connectivity index (χ1v) is 11.9. The van der Waals surface area contributed by atoms with E-state index in [1.807, 2.05) is 47.9 Å². The number of thiophene rings is 1. The van der Waals surface area contributed by atoms with Crippen molar-refractivity contribution >= 4 is 75.3 Å². The lowest BCUT2D eigenvalue weighted by atomic mass is 10.1. The highest BCUT2D eigenvalue weighted by molar-refractivity contribution is 7.26. The van der Waals surface area contributed by atoms with Gasteiger partial charge < -0.3 is 0 Å². The maximum atomic E-state index is 4.98. The van der Waals surface area contributed by atoms with E-state index in [-0.39, 0.29) is 0 Å². The standard InChI is InChI=1S/C28H15N5S/c1-3-7-20-16(5-1)15-31-28(32-20)33-22-12-11-21-25(30-14-13-29-21)24(22)19-10-9-18-17-6-2-4-8-23(17)34-27(18)26(19)33/h1-15H. The first kappa shape index (κ1) is 18.1. The molecule has 158 valence electrons. The van der Waals surface area contributed by atoms with E-state index in [0.29, 0.717) is 5.95 Å². The molecule has 0 aliphatic carbocycles. The average molecular weight is 454 g/mol. The fourth-order valence-corrected chi connectivity index (χ4v) is 6.31. The van der Waals surface area contributed by atoms with Gasteiger partial charge in [0.25, 0.3) is 0 Å². The summed E-state index contributed by atoms with van der Waals surface area (Å²) in [4.78, 5) is 19.1. The zero-order valence-corrected chi connectivity index (χ0v) is 18.6. The highest BCUT2D eigenvalue weighted by Gasteiger charge is 2.21. The third-order valence-corrected chi connectivity index (χ3v) is 7.74. The van der Waals surface area contributed by atoms with Crippen molar-refractivity contribution in [3.05, 3.63) is 91.4 Å². The number of para-hydroxylation sites is 1. The second kappa shape index (κ2) is 6.56. The van der Waals surface area contributed by atoms with Crippen LogP contribution >= 0.6 is 11.3 Å². The van der Waals surface area contributed by atoms with E-state index in [1.54, 1.807) is 12.4 Å². The number of aromatic nitrogens is 5. The third-order valence-electron chi connectivity index (χ3n) is 6.55. The Labute approximate surface area is 197 Å². The van der Waals surface area contributed by atoms with Crippen molar-refractivity contribution in [2.24, 2.45) is 0 Å². The van der Waals surface area contributed by atoms with Gasteiger partial charge in [-0.2, -0.15) is 0 Å². The van der Waals surface area contributed by atoms with Crippen LogP contribution < -0.4 is 0 Å². The van der Waals surface area contributed by atoms with Gasteiger partial charge in [-0.3, -0.25) is 14.5 Å². The molecule has 5 nitrogen and oxygen atoms in total. The summed E-state index contributed by atoms with van der Waals surface area (Å²) < 4.78 is 4.69. The van der Waals surface area contributed by atoms with Crippen LogP contribution in [0.2, 0.25) is 0 Å². The molecule has 0 aliphatic rings. The van der Waals surface area contributed by atoms with Gasteiger partial charge in [0.15, 0.2) is 0 Å². The van der Waals surface area contributed by atoms with Gasteiger partial charge in [-0.15, -0.1) is 11.3 Å². The van der Waals surface area contributed by atoms with E-state index in [4.69, 9.17) is 15.0 Å². The Morgan fingerprint density at radius 3 is 2.53 bits per heavy atom. The Balaban J connectivity index is 1.64. The molecule has 0 bridgehead atoms. The van der Waals surface area contributed by atoms with Crippen LogP contribution in [-0.2, 0) is 0 Å². The van der Waals surface area contributed by atoms with E-state index >= 15 is 0 Å². The lowest BCUT2D eigenvalue weighted by Gasteiger charge is -2.07. The van der Waals surface area contributed by atoms with Crippen LogP contribution in [0.4, 0.5) is 0 Å². The van der Waals surface area contributed by atoms with E-state index in [2.05, 4.69) is 52.0 Å². The molecular weight excluding hydrogens is 438 g/mol. The van der Waals surface area contributed by atoms with Gasteiger partial charge in [0.1, 0.15) is 0 Å². The SMILES string of the molecule is c1ccc2nc(-n3c4ccc5nccnc5c4c4ccc5c6ccccc6sc5c43)ncc2c1. The molecule has 0 fully saturated rings. The summed E-state index contributed by atoms with van der Waals surface area (Å²) in [6.07, 6.45) is 5.40. The molecule has 0 aliphatic heterocycles. The largest absolute Gasteiger partial charge is 0.276 e. The third kappa shape index (κ3) is 2.32. The molecule has 4 heterocycles. The molecule has 4 aromatic heterocycles. The summed E-state index contributed by atoms with van der Waals surface area (Å²) in [7, 11) is 0. The van der Waals surface area contributed by atoms with E-state index in [9.17, 15) is 0 Å². The number of fused-ring (bicyclic) bond motifs is 10. The normalized spacial score (nSPS) is 12.1. The van der Waals surface area contributed by atoms with Crippen molar-refractivity contribution in [2.75, 3.05) is 0 Å². The molecule has 34 heavy (non-hydrogen) atoms. The number of rotatable bonds is 1. The number of benzene rings is 4. The molecular formula is C28H15N5S. The zero-order valence-electron chi connectivity index (χ0n) is 17.8. The second-order valence-corrected chi connectivity index (χ2v) is 9.44. The quantitative estimate of drug-likeness (QED) is 0.267. The lowest BCUT2D eigenvalue weighted by Crippen LogP contribution is -2.01. The van der Waals surface area contributed by atoms with Crippen LogP contribution in [0.3, 0.4) is 0 Å². The highest BCUT2D eigenvalue weighted by Crippen LogP contribution is 2.43. The number of hydrogen-bond donors (Lipinski definition) is 0. The summed E-state index contributed by atoms with van der Waals surface area (Å²) in [6.45, 7) is 0. The number of nitrogens with zero attached hydrogens (tertiary/aromatic N) is 5. The summed E-state index contributed by atoms with van der Waals surface area (Å²) >= 11 is 1.81. The predicted octanol–water partition coefficient (Wildman–Crippen LogP) is 7.04. The Morgan fingerprint density at radius 2 is 1.53 bits per heavy atom. The van der Waals surface area contributed by atoms with Gasteiger partial charge in [0.2, 0.25) is 5.95 Å². The monoisotopic (exact) mass is 453 g/mol. The van der Waals surface area contributed by atoms with Gasteiger partial charge in [-0.05, 0) is 24.3 Å². The molecule has 0 spiro atoms. The van der Waals surface area contributed by atoms with Crippen molar-refractivity contribution in [2.45, 2.75) is 0 Å². The topological polar surface area (TPSA) is 56.5 Å². The minimum atomic E-state index is 0.659. The van der Waals surface area contributed by atoms with Gasteiger partial charge >= 0.3 is 0 Å². The molecule has 0 atom stereocenters. The zero-order chi connectivity index (χ0) is 22.2. The minimum absolute atomic E-state index is 0.659. The highest BCUT2D eigenvalue weighted by atomic mass is 32.1. The van der Waals surface area contributed by atoms with Gasteiger partial charge in [0.05, 0.1) is 32.3 Å². The van der Waals surface area contributed by atoms with E-state index in [0.717, 1.165) is 43.7 Å². The van der Waals surface area contributed by atoms with Gasteiger partial charge in [-0.25, -0.2) is 9.97 Å². The molecule has 8 rings (SSSR count). The maximum absolute atomic E-state index is 4.98. The van der Waals surface area contributed by atoms with E-state index in [1.165, 1.54) is 20.2 Å². The summed E-state index contributed by atoms with van der Waals surface area (Å²) in [6, 6.07) is 25.3. The Bertz CT molecular complexity index is 2090. The maximum Gasteiger partial charge on any atom is 0.235 e. The number of hydrogen-bond acceptors (Lipinski definition) is 5. The Morgan fingerprint density at radius 1 is 0.676 bits per heavy atom. The molecule has 4 aromatic carbocycles. The molecule has 0 N–H and O–H groups in total. The van der Waals surface area contributed by atoms with Crippen molar-refractivity contribution in [3.8, 4) is 5.95 Å². The summed E-state index contributed by atoms with van der Waals surface area (Å²) in [5.74, 6) is 0.659. The van der Waals surface area contributed by atoms with Crippen LogP contribution in [0.25, 0.3) is 69.9 Å². The molecule has 0 saturated carbocycles. The minimum Gasteiger partial charge on any atom is -0.276 e. The molecule has 0 amide bonds. The summed E-state index contributed by atoms with van der Waals surface area (Å²) in [5, 5.41) is 5.75. The average Bonchev–Trinajstić information content (AvgIpc) is 3.44. The fraction of sp³-hybridized carbons (Fsp3) is 0. The molecule has 0 unspecified atom stereocenters. The first-order valence-electron chi connectivity index (χ1n) is 11.1.